The molecule has 0 unspecified atom stereocenters. The lowest BCUT2D eigenvalue weighted by molar-refractivity contribution is -0.142. The van der Waals surface area contributed by atoms with Crippen molar-refractivity contribution in [2.24, 2.45) is 0 Å². The SMILES string of the molecule is CCNC(=O)c1cc(I)cc(C)c1NC(=O)c1cc(C(F)(F)F)nn1-c1ncccc1Cl.CNC(=O)c1cc(I)cc(C)c1NC(=O)c1cc(C(F)(F)F)nn1-c1ncccc1Cl.Cc1cc(Br)cc(C(=O)NC(C)C)c1NC(=O)c1cc(Br)nn1-c1ncccc1Cl.Cc1cc(I)cc(C(=O)NC(C)C)c1NC(=O)c1cc(C(F)(F)F)nn1-c1ncccc1Cl. The number of hydrogen-bond donors (Lipinski definition) is 8. The molecule has 0 atom stereocenters. The van der Waals surface area contributed by atoms with E-state index in [0.29, 0.717) is 68.1 Å². The standard InChI is InChI=1S/C21H18ClF3IN5O2.C20H18Br2ClN5O2.C20H16ClF3IN5O2.C19H14ClF3IN5O2/c1-10(2)28-19(32)13-8-12(26)7-11(3)17(13)29-20(33)15-9-16(21(23,24)25)30-31(15)18-14(22)5-4-6-27-18;1-10(2)25-19(29)13-8-12(21)7-11(3)17(13)26-20(30)15-9-16(22)27-28(15)18-14(23)5-4-6-24-18;1-3-26-18(31)12-8-11(25)7-10(2)16(12)28-19(32)14-9-15(20(22,23)24)29-30(14)17-13(21)5-4-6-27-17;1-9-6-10(24)7-11(17(30)25-2)15(9)27-18(31)13-8-14(19(21,22)23)28-29(13)16-12(20)4-3-5-26-16/h4-10H,1-3H3,(H,28,32)(H,29,33);4-10H,1-3H3,(H,25,29)(H,26,30);4-9H,3H2,1-2H3,(H,26,31)(H,28,32);3-8H,1-2H3,(H,25,30)(H,27,31). The third kappa shape index (κ3) is 25.0. The van der Waals surface area contributed by atoms with E-state index in [1.54, 1.807) is 108 Å². The summed E-state index contributed by atoms with van der Waals surface area (Å²) in [7, 11) is 1.43. The Bertz CT molecular complexity index is 6210. The Labute approximate surface area is 788 Å². The van der Waals surface area contributed by atoms with Crippen molar-refractivity contribution < 1.29 is 77.9 Å². The molecule has 0 aliphatic heterocycles. The zero-order valence-electron chi connectivity index (χ0n) is 66.7. The first-order valence-corrected chi connectivity index (χ1v) is 42.7. The van der Waals surface area contributed by atoms with Gasteiger partial charge in [-0.2, -0.15) is 59.9 Å². The Kier molecular flexibility index (Phi) is 33.6. The van der Waals surface area contributed by atoms with E-state index in [-0.39, 0.29) is 90.0 Å². The number of halogens is 18. The third-order valence-corrected chi connectivity index (χ3v) is 20.8. The van der Waals surface area contributed by atoms with Crippen LogP contribution in [0.25, 0.3) is 23.3 Å². The Morgan fingerprint density at radius 1 is 0.389 bits per heavy atom. The molecular formula is C80H66Br2Cl4F9I3N20O8. The smallest absolute Gasteiger partial charge is 0.355 e. The maximum absolute atomic E-state index is 13.4. The van der Waals surface area contributed by atoms with Crippen molar-refractivity contribution >= 4 is 216 Å². The van der Waals surface area contributed by atoms with Crippen LogP contribution in [0.15, 0.2) is 155 Å². The number of pyridine rings is 4. The highest BCUT2D eigenvalue weighted by Gasteiger charge is 2.40. The average molecular weight is 2290 g/mol. The van der Waals surface area contributed by atoms with Gasteiger partial charge in [0.25, 0.3) is 47.3 Å². The zero-order chi connectivity index (χ0) is 93.0. The Morgan fingerprint density at radius 2 is 0.659 bits per heavy atom. The van der Waals surface area contributed by atoms with Gasteiger partial charge in [0.1, 0.15) is 27.4 Å². The lowest BCUT2D eigenvalue weighted by Gasteiger charge is -2.16. The summed E-state index contributed by atoms with van der Waals surface area (Å²) in [6.07, 6.45) is -8.90. The van der Waals surface area contributed by atoms with Crippen molar-refractivity contribution in [1.29, 1.82) is 0 Å². The molecule has 660 valence electrons. The van der Waals surface area contributed by atoms with Crippen molar-refractivity contribution in [3.05, 3.63) is 270 Å². The van der Waals surface area contributed by atoms with Crippen molar-refractivity contribution in [2.75, 3.05) is 34.9 Å². The summed E-state index contributed by atoms with van der Waals surface area (Å²) in [6, 6.07) is 28.6. The molecule has 0 aliphatic rings. The van der Waals surface area contributed by atoms with Crippen LogP contribution in [0.3, 0.4) is 0 Å². The molecule has 0 saturated carbocycles. The van der Waals surface area contributed by atoms with Gasteiger partial charge < -0.3 is 42.5 Å². The summed E-state index contributed by atoms with van der Waals surface area (Å²) in [6.45, 7) is 16.2. The summed E-state index contributed by atoms with van der Waals surface area (Å²) in [4.78, 5) is 119. The first-order valence-electron chi connectivity index (χ1n) is 36.4. The summed E-state index contributed by atoms with van der Waals surface area (Å²) >= 11 is 37.2. The van der Waals surface area contributed by atoms with Gasteiger partial charge in [-0.05, 0) is 265 Å². The lowest BCUT2D eigenvalue weighted by Crippen LogP contribution is -2.31. The van der Waals surface area contributed by atoms with Crippen LogP contribution in [0.4, 0.5) is 62.3 Å². The summed E-state index contributed by atoms with van der Waals surface area (Å²) in [5.41, 5.74) is -0.787. The molecule has 0 bridgehead atoms. The second-order valence-electron chi connectivity index (χ2n) is 27.1. The first-order chi connectivity index (χ1) is 59.1. The number of hydrogen-bond acceptors (Lipinski definition) is 16. The monoisotopic (exact) mass is 2280 g/mol. The van der Waals surface area contributed by atoms with Crippen LogP contribution in [-0.2, 0) is 18.5 Å². The van der Waals surface area contributed by atoms with E-state index in [9.17, 15) is 77.9 Å². The molecule has 12 aromatic rings. The molecule has 8 amide bonds. The molecule has 8 N–H and O–H groups in total. The number of rotatable bonds is 19. The average Bonchev–Trinajstić information content (AvgIpc) is 1.62. The molecule has 12 rings (SSSR count). The lowest BCUT2D eigenvalue weighted by atomic mass is 10.1. The molecular weight excluding hydrogens is 2220 g/mol. The molecule has 0 radical (unpaired) electrons. The van der Waals surface area contributed by atoms with E-state index in [1.807, 2.05) is 94.6 Å². The molecule has 4 aromatic carbocycles. The second kappa shape index (κ2) is 42.6. The van der Waals surface area contributed by atoms with Crippen molar-refractivity contribution in [3.8, 4) is 23.3 Å². The van der Waals surface area contributed by atoms with Crippen LogP contribution >= 0.6 is 146 Å². The van der Waals surface area contributed by atoms with E-state index >= 15 is 0 Å². The zero-order valence-corrected chi connectivity index (χ0v) is 79.3. The number of aromatic nitrogens is 12. The van der Waals surface area contributed by atoms with Crippen LogP contribution in [0.5, 0.6) is 0 Å². The molecule has 0 fully saturated rings. The van der Waals surface area contributed by atoms with E-state index in [4.69, 9.17) is 46.4 Å². The van der Waals surface area contributed by atoms with Gasteiger partial charge in [-0.15, -0.1) is 0 Å². The van der Waals surface area contributed by atoms with E-state index in [0.717, 1.165) is 34.8 Å². The fraction of sp³-hybridized carbons (Fsp3) is 0.200. The van der Waals surface area contributed by atoms with Gasteiger partial charge in [-0.25, -0.2) is 38.7 Å². The maximum Gasteiger partial charge on any atom is 0.435 e. The molecule has 0 spiro atoms. The summed E-state index contributed by atoms with van der Waals surface area (Å²) in [5, 5.41) is 36.4. The number of alkyl halides is 9. The van der Waals surface area contributed by atoms with Gasteiger partial charge in [0.2, 0.25) is 0 Å². The van der Waals surface area contributed by atoms with Gasteiger partial charge in [-0.3, -0.25) is 38.4 Å². The van der Waals surface area contributed by atoms with Gasteiger partial charge in [0, 0.05) is 89.9 Å². The summed E-state index contributed by atoms with van der Waals surface area (Å²) in [5.74, 6) is -4.92. The highest BCUT2D eigenvalue weighted by atomic mass is 127. The molecule has 8 aromatic heterocycles. The van der Waals surface area contributed by atoms with Crippen LogP contribution < -0.4 is 42.5 Å². The molecule has 8 heterocycles. The molecule has 126 heavy (non-hydrogen) atoms. The largest absolute Gasteiger partial charge is 0.435 e. The minimum Gasteiger partial charge on any atom is -0.355 e. The van der Waals surface area contributed by atoms with Crippen LogP contribution in [0, 0.1) is 38.4 Å². The van der Waals surface area contributed by atoms with E-state index < -0.39 is 94.0 Å². The topological polar surface area (TPSA) is 356 Å². The van der Waals surface area contributed by atoms with Crippen LogP contribution in [-0.4, -0.2) is 132 Å². The fourth-order valence-electron chi connectivity index (χ4n) is 11.5. The summed E-state index contributed by atoms with van der Waals surface area (Å²) < 4.78 is 127. The van der Waals surface area contributed by atoms with Crippen LogP contribution in [0.1, 0.15) is 157 Å². The molecule has 28 nitrogen and oxygen atoms in total. The van der Waals surface area contributed by atoms with Gasteiger partial charge >= 0.3 is 18.5 Å². The number of amides is 8. The normalized spacial score (nSPS) is 11.3. The predicted octanol–water partition coefficient (Wildman–Crippen LogP) is 19.7. The van der Waals surface area contributed by atoms with Crippen LogP contribution in [0.2, 0.25) is 20.1 Å². The number of aryl methyl sites for hydroxylation is 4. The Hall–Kier alpha value is -10.2. The predicted molar refractivity (Wildman–Crippen MR) is 487 cm³/mol. The first kappa shape index (κ1) is 99.5. The second-order valence-corrected chi connectivity index (χ2v) is 34.2. The van der Waals surface area contributed by atoms with Gasteiger partial charge in [0.15, 0.2) is 40.4 Å². The maximum atomic E-state index is 13.4. The fourth-order valence-corrected chi connectivity index (χ4v) is 15.6. The van der Waals surface area contributed by atoms with Crippen molar-refractivity contribution in [3.63, 3.8) is 0 Å². The minimum atomic E-state index is -4.80. The minimum absolute atomic E-state index is 0.00451. The molecule has 46 heteroatoms. The highest BCUT2D eigenvalue weighted by Crippen LogP contribution is 2.38. The number of benzene rings is 4. The number of anilines is 4. The van der Waals surface area contributed by atoms with Crippen molar-refractivity contribution in [2.45, 2.75) is 92.9 Å². The quantitative estimate of drug-likeness (QED) is 0.0275. The van der Waals surface area contributed by atoms with E-state index in [2.05, 4.69) is 115 Å². The number of nitrogens with zero attached hydrogens (tertiary/aromatic N) is 12. The number of carbonyl (C=O) groups excluding carboxylic acids is 8. The Balaban J connectivity index is 0.000000190. The van der Waals surface area contributed by atoms with Gasteiger partial charge in [0.05, 0.1) is 65.1 Å². The van der Waals surface area contributed by atoms with Gasteiger partial charge in [-0.1, -0.05) is 62.3 Å². The Morgan fingerprint density at radius 3 is 0.937 bits per heavy atom. The molecule has 0 saturated heterocycles. The highest BCUT2D eigenvalue weighted by molar-refractivity contribution is 14.1. The number of carbonyl (C=O) groups is 8. The van der Waals surface area contributed by atoms with E-state index in [1.165, 1.54) is 66.7 Å². The third-order valence-electron chi connectivity index (χ3n) is 16.9. The molecule has 0 aliphatic carbocycles. The van der Waals surface area contributed by atoms with Crippen molar-refractivity contribution in [1.82, 2.24) is 80.3 Å². The number of nitrogens with one attached hydrogen (secondary N) is 8.